The second-order valence-electron chi connectivity index (χ2n) is 3.67. The van der Waals surface area contributed by atoms with Gasteiger partial charge in [-0.05, 0) is 28.1 Å². The van der Waals surface area contributed by atoms with Crippen LogP contribution in [0.3, 0.4) is 0 Å². The Morgan fingerprint density at radius 1 is 1.22 bits per heavy atom. The Kier molecular flexibility index (Phi) is 2.60. The van der Waals surface area contributed by atoms with Crippen LogP contribution in [0.25, 0.3) is 11.9 Å². The van der Waals surface area contributed by atoms with Crippen LogP contribution in [0.5, 0.6) is 0 Å². The minimum absolute atomic E-state index is 0.208. The third kappa shape index (κ3) is 1.88. The SMILES string of the molecule is O=c1[nH][nH]c(=C2N=CC=N2)c1=Cc1cc(Br)c[nH]1. The summed E-state index contributed by atoms with van der Waals surface area (Å²) in [5, 5.41) is 6.39. The number of nitrogens with one attached hydrogen (secondary N) is 3. The normalized spacial score (nSPS) is 14.9. The number of H-pyrrole nitrogens is 3. The van der Waals surface area contributed by atoms with Gasteiger partial charge in [0, 0.05) is 28.8 Å². The van der Waals surface area contributed by atoms with Crippen molar-refractivity contribution in [1.29, 1.82) is 0 Å². The van der Waals surface area contributed by atoms with Crippen molar-refractivity contribution in [1.82, 2.24) is 15.2 Å². The summed E-state index contributed by atoms with van der Waals surface area (Å²) in [5.41, 5.74) is 0.611. The molecule has 0 unspecified atom stereocenters. The average molecular weight is 306 g/mol. The van der Waals surface area contributed by atoms with Gasteiger partial charge < -0.3 is 4.98 Å². The molecular formula is C11H8BrN5O. The molecule has 90 valence electrons. The number of aromatic nitrogens is 3. The van der Waals surface area contributed by atoms with Gasteiger partial charge in [-0.3, -0.25) is 15.0 Å². The highest BCUT2D eigenvalue weighted by molar-refractivity contribution is 9.10. The molecular weight excluding hydrogens is 298 g/mol. The molecule has 18 heavy (non-hydrogen) atoms. The third-order valence-corrected chi connectivity index (χ3v) is 2.93. The lowest BCUT2D eigenvalue weighted by atomic mass is 10.3. The molecule has 0 aromatic carbocycles. The number of hydrogen-bond donors (Lipinski definition) is 3. The van der Waals surface area contributed by atoms with Gasteiger partial charge in [-0.25, -0.2) is 9.98 Å². The molecule has 2 aromatic rings. The minimum atomic E-state index is -0.208. The summed E-state index contributed by atoms with van der Waals surface area (Å²) in [5.74, 6) is 0.491. The first kappa shape index (κ1) is 11.0. The van der Waals surface area contributed by atoms with E-state index in [-0.39, 0.29) is 5.56 Å². The first-order chi connectivity index (χ1) is 8.74. The summed E-state index contributed by atoms with van der Waals surface area (Å²) in [6.07, 6.45) is 6.70. The van der Waals surface area contributed by atoms with Crippen LogP contribution in [0.4, 0.5) is 0 Å². The maximum absolute atomic E-state index is 11.7. The monoisotopic (exact) mass is 305 g/mol. The van der Waals surface area contributed by atoms with E-state index in [1.807, 2.05) is 6.07 Å². The smallest absolute Gasteiger partial charge is 0.272 e. The Hall–Kier alpha value is -2.15. The molecule has 1 aliphatic rings. The molecule has 0 aliphatic carbocycles. The summed E-state index contributed by atoms with van der Waals surface area (Å²) < 4.78 is 0.923. The van der Waals surface area contributed by atoms with Crippen molar-refractivity contribution in [2.24, 2.45) is 9.98 Å². The third-order valence-electron chi connectivity index (χ3n) is 2.47. The van der Waals surface area contributed by atoms with Crippen molar-refractivity contribution in [3.05, 3.63) is 43.4 Å². The fourth-order valence-corrected chi connectivity index (χ4v) is 2.04. The molecule has 3 rings (SSSR count). The summed E-state index contributed by atoms with van der Waals surface area (Å²) >= 11 is 3.34. The fourth-order valence-electron chi connectivity index (χ4n) is 1.67. The van der Waals surface area contributed by atoms with Gasteiger partial charge in [-0.2, -0.15) is 0 Å². The van der Waals surface area contributed by atoms with E-state index in [4.69, 9.17) is 0 Å². The molecule has 1 aliphatic heterocycles. The molecule has 0 saturated carbocycles. The van der Waals surface area contributed by atoms with Crippen molar-refractivity contribution in [3.63, 3.8) is 0 Å². The largest absolute Gasteiger partial charge is 0.361 e. The zero-order valence-corrected chi connectivity index (χ0v) is 10.7. The number of nitrogens with zero attached hydrogens (tertiary/aromatic N) is 2. The molecule has 0 saturated heterocycles. The van der Waals surface area contributed by atoms with E-state index >= 15 is 0 Å². The summed E-state index contributed by atoms with van der Waals surface area (Å²) in [4.78, 5) is 22.9. The van der Waals surface area contributed by atoms with Crippen LogP contribution in [-0.4, -0.2) is 27.6 Å². The van der Waals surface area contributed by atoms with Crippen molar-refractivity contribution < 1.29 is 0 Å². The van der Waals surface area contributed by atoms with Gasteiger partial charge in [0.15, 0.2) is 5.82 Å². The molecule has 0 atom stereocenters. The van der Waals surface area contributed by atoms with Gasteiger partial charge in [0.05, 0.1) is 5.22 Å². The first-order valence-corrected chi connectivity index (χ1v) is 5.97. The van der Waals surface area contributed by atoms with Gasteiger partial charge in [0.25, 0.3) is 5.56 Å². The molecule has 0 bridgehead atoms. The molecule has 3 heterocycles. The molecule has 0 spiro atoms. The number of halogens is 1. The van der Waals surface area contributed by atoms with E-state index in [1.54, 1.807) is 24.7 Å². The molecule has 0 fully saturated rings. The van der Waals surface area contributed by atoms with Crippen molar-refractivity contribution in [2.45, 2.75) is 0 Å². The van der Waals surface area contributed by atoms with Crippen LogP contribution in [-0.2, 0) is 0 Å². The predicted octanol–water partition coefficient (Wildman–Crippen LogP) is -0.157. The van der Waals surface area contributed by atoms with Crippen LogP contribution in [0, 0.1) is 0 Å². The molecule has 2 aromatic heterocycles. The second kappa shape index (κ2) is 4.26. The lowest BCUT2D eigenvalue weighted by Gasteiger charge is -1.85. The van der Waals surface area contributed by atoms with E-state index in [0.29, 0.717) is 16.4 Å². The Morgan fingerprint density at radius 2 is 2.00 bits per heavy atom. The Morgan fingerprint density at radius 3 is 2.67 bits per heavy atom. The van der Waals surface area contributed by atoms with Gasteiger partial charge in [0.1, 0.15) is 5.35 Å². The second-order valence-corrected chi connectivity index (χ2v) is 4.58. The van der Waals surface area contributed by atoms with Crippen LogP contribution < -0.4 is 16.1 Å². The van der Waals surface area contributed by atoms with E-state index in [9.17, 15) is 4.79 Å². The van der Waals surface area contributed by atoms with Crippen molar-refractivity contribution in [3.8, 4) is 0 Å². The van der Waals surface area contributed by atoms with Gasteiger partial charge in [-0.1, -0.05) is 0 Å². The molecule has 7 heteroatoms. The fraction of sp³-hybridized carbons (Fsp3) is 0. The van der Waals surface area contributed by atoms with Crippen molar-refractivity contribution in [2.75, 3.05) is 0 Å². The van der Waals surface area contributed by atoms with Crippen LogP contribution in [0.15, 0.2) is 31.5 Å². The Labute approximate surface area is 109 Å². The topological polar surface area (TPSA) is 89.2 Å². The highest BCUT2D eigenvalue weighted by Gasteiger charge is 2.03. The predicted molar refractivity (Wildman–Crippen MR) is 73.1 cm³/mol. The Bertz CT molecular complexity index is 806. The first-order valence-electron chi connectivity index (χ1n) is 5.17. The maximum atomic E-state index is 11.7. The average Bonchev–Trinajstić information content (AvgIpc) is 3.03. The van der Waals surface area contributed by atoms with Gasteiger partial charge >= 0.3 is 0 Å². The number of rotatable bonds is 1. The van der Waals surface area contributed by atoms with Crippen LogP contribution >= 0.6 is 15.9 Å². The van der Waals surface area contributed by atoms with E-state index in [0.717, 1.165) is 10.2 Å². The summed E-state index contributed by atoms with van der Waals surface area (Å²) in [7, 11) is 0. The maximum Gasteiger partial charge on any atom is 0.272 e. The van der Waals surface area contributed by atoms with E-state index in [2.05, 4.69) is 41.1 Å². The lowest BCUT2D eigenvalue weighted by molar-refractivity contribution is 1.03. The minimum Gasteiger partial charge on any atom is -0.361 e. The van der Waals surface area contributed by atoms with Crippen LogP contribution in [0.2, 0.25) is 0 Å². The summed E-state index contributed by atoms with van der Waals surface area (Å²) in [6, 6.07) is 1.88. The number of aromatic amines is 3. The van der Waals surface area contributed by atoms with E-state index in [1.165, 1.54) is 0 Å². The standard InChI is InChI=1S/C11H8BrN5O/c12-6-3-7(15-5-6)4-8-9(16-17-11(8)18)10-13-1-2-14-10/h1-5,15-16H,(H,17,18). The number of aliphatic imine (C=N–C) groups is 2. The highest BCUT2D eigenvalue weighted by atomic mass is 79.9. The Balaban J connectivity index is 2.31. The molecule has 6 nitrogen and oxygen atoms in total. The highest BCUT2D eigenvalue weighted by Crippen LogP contribution is 2.10. The lowest BCUT2D eigenvalue weighted by Crippen LogP contribution is -2.34. The van der Waals surface area contributed by atoms with Gasteiger partial charge in [-0.15, -0.1) is 0 Å². The zero-order chi connectivity index (χ0) is 12.5. The van der Waals surface area contributed by atoms with Crippen molar-refractivity contribution >= 4 is 40.3 Å². The molecule has 0 amide bonds. The molecule has 3 N–H and O–H groups in total. The quantitative estimate of drug-likeness (QED) is 0.672. The van der Waals surface area contributed by atoms with Crippen LogP contribution in [0.1, 0.15) is 5.69 Å². The summed E-state index contributed by atoms with van der Waals surface area (Å²) in [6.45, 7) is 0. The van der Waals surface area contributed by atoms with Gasteiger partial charge in [0.2, 0.25) is 0 Å². The zero-order valence-electron chi connectivity index (χ0n) is 9.07. The number of hydrogen-bond acceptors (Lipinski definition) is 3. The molecule has 0 radical (unpaired) electrons. The van der Waals surface area contributed by atoms with E-state index < -0.39 is 0 Å².